The van der Waals surface area contributed by atoms with E-state index in [0.717, 1.165) is 30.5 Å². The molecule has 0 atom stereocenters. The molecule has 1 amide bonds. The Morgan fingerprint density at radius 2 is 2.00 bits per heavy atom. The average molecular weight is 424 g/mol. The van der Waals surface area contributed by atoms with E-state index < -0.39 is 0 Å². The number of pyridine rings is 2. The van der Waals surface area contributed by atoms with E-state index in [9.17, 15) is 9.59 Å². The van der Waals surface area contributed by atoms with Gasteiger partial charge in [0.25, 0.3) is 5.56 Å². The standard InChI is InChI=1S/C24H33N5O2/c1-4-29(22-16-20(17-27-24(22)31)19-7-12-25-13-8-19)21-9-14-28(15-10-21)23(30)6-5-11-26-18(2)3/h5-8,12-13,16-18,21,26H,4,9-11,14-15H2,1-3H3,(H,27,31). The van der Waals surface area contributed by atoms with E-state index >= 15 is 0 Å². The van der Waals surface area contributed by atoms with E-state index in [4.69, 9.17) is 0 Å². The van der Waals surface area contributed by atoms with E-state index in [-0.39, 0.29) is 17.5 Å². The summed E-state index contributed by atoms with van der Waals surface area (Å²) >= 11 is 0. The van der Waals surface area contributed by atoms with Crippen LogP contribution in [0.4, 0.5) is 5.69 Å². The highest BCUT2D eigenvalue weighted by Gasteiger charge is 2.27. The highest BCUT2D eigenvalue weighted by molar-refractivity contribution is 5.87. The molecule has 3 rings (SSSR count). The van der Waals surface area contributed by atoms with Crippen molar-refractivity contribution in [2.45, 2.75) is 45.7 Å². The molecule has 1 saturated heterocycles. The van der Waals surface area contributed by atoms with Crippen LogP contribution in [0, 0.1) is 0 Å². The fraction of sp³-hybridized carbons (Fsp3) is 0.458. The van der Waals surface area contributed by atoms with E-state index in [1.807, 2.05) is 29.2 Å². The van der Waals surface area contributed by atoms with Crippen molar-refractivity contribution in [1.29, 1.82) is 0 Å². The van der Waals surface area contributed by atoms with Crippen LogP contribution in [0.15, 0.2) is 53.7 Å². The van der Waals surface area contributed by atoms with Crippen molar-refractivity contribution in [3.8, 4) is 11.1 Å². The number of H-pyrrole nitrogens is 1. The second-order valence-corrected chi connectivity index (χ2v) is 8.15. The average Bonchev–Trinajstić information content (AvgIpc) is 2.79. The van der Waals surface area contributed by atoms with Crippen LogP contribution in [-0.2, 0) is 4.79 Å². The lowest BCUT2D eigenvalue weighted by molar-refractivity contribution is -0.127. The molecule has 166 valence electrons. The van der Waals surface area contributed by atoms with Gasteiger partial charge in [0.1, 0.15) is 5.69 Å². The minimum atomic E-state index is -0.0845. The third-order valence-electron chi connectivity index (χ3n) is 5.67. The van der Waals surface area contributed by atoms with E-state index in [2.05, 4.69) is 41.0 Å². The quantitative estimate of drug-likeness (QED) is 0.638. The summed E-state index contributed by atoms with van der Waals surface area (Å²) < 4.78 is 0. The van der Waals surface area contributed by atoms with Gasteiger partial charge in [0.2, 0.25) is 5.91 Å². The van der Waals surface area contributed by atoms with Gasteiger partial charge in [-0.3, -0.25) is 14.6 Å². The van der Waals surface area contributed by atoms with E-state index in [1.165, 1.54) is 0 Å². The first-order valence-corrected chi connectivity index (χ1v) is 11.1. The molecule has 3 heterocycles. The van der Waals surface area contributed by atoms with Gasteiger partial charge in [0, 0.05) is 68.5 Å². The second kappa shape index (κ2) is 10.9. The molecule has 1 aliphatic rings. The molecule has 2 aromatic heterocycles. The molecule has 2 N–H and O–H groups in total. The number of piperidine rings is 1. The third-order valence-corrected chi connectivity index (χ3v) is 5.67. The molecule has 7 nitrogen and oxygen atoms in total. The molecule has 31 heavy (non-hydrogen) atoms. The maximum Gasteiger partial charge on any atom is 0.271 e. The lowest BCUT2D eigenvalue weighted by atomic mass is 10.0. The van der Waals surface area contributed by atoms with Gasteiger partial charge in [0.15, 0.2) is 0 Å². The Hall–Kier alpha value is -2.93. The smallest absolute Gasteiger partial charge is 0.271 e. The van der Waals surface area contributed by atoms with E-state index in [0.29, 0.717) is 31.4 Å². The zero-order chi connectivity index (χ0) is 22.2. The van der Waals surface area contributed by atoms with Crippen LogP contribution in [0.2, 0.25) is 0 Å². The van der Waals surface area contributed by atoms with Crippen molar-refractivity contribution in [1.82, 2.24) is 20.2 Å². The number of anilines is 1. The molecule has 0 unspecified atom stereocenters. The topological polar surface area (TPSA) is 81.3 Å². The number of aromatic nitrogens is 2. The van der Waals surface area contributed by atoms with Crippen molar-refractivity contribution in [3.63, 3.8) is 0 Å². The van der Waals surface area contributed by atoms with Gasteiger partial charge in [-0.05, 0) is 43.5 Å². The fourth-order valence-electron chi connectivity index (χ4n) is 3.99. The molecule has 0 saturated carbocycles. The summed E-state index contributed by atoms with van der Waals surface area (Å²) in [5.41, 5.74) is 2.57. The number of hydrogen-bond acceptors (Lipinski definition) is 5. The lowest BCUT2D eigenvalue weighted by Crippen LogP contribution is -2.47. The Labute approximate surface area is 184 Å². The van der Waals surface area contributed by atoms with Gasteiger partial charge in [-0.25, -0.2) is 0 Å². The Morgan fingerprint density at radius 3 is 2.65 bits per heavy atom. The minimum absolute atomic E-state index is 0.0598. The van der Waals surface area contributed by atoms with Crippen molar-refractivity contribution in [3.05, 3.63) is 59.3 Å². The maximum atomic E-state index is 12.6. The minimum Gasteiger partial charge on any atom is -0.364 e. The third kappa shape index (κ3) is 6.04. The first kappa shape index (κ1) is 22.7. The highest BCUT2D eigenvalue weighted by atomic mass is 16.2. The number of nitrogens with zero attached hydrogens (tertiary/aromatic N) is 3. The van der Waals surface area contributed by atoms with Crippen LogP contribution in [0.25, 0.3) is 11.1 Å². The number of likely N-dealkylation sites (tertiary alicyclic amines) is 1. The van der Waals surface area contributed by atoms with Gasteiger partial charge in [-0.2, -0.15) is 0 Å². The predicted molar refractivity (Wildman–Crippen MR) is 125 cm³/mol. The van der Waals surface area contributed by atoms with Crippen LogP contribution >= 0.6 is 0 Å². The van der Waals surface area contributed by atoms with Crippen LogP contribution < -0.4 is 15.8 Å². The molecular formula is C24H33N5O2. The molecule has 2 aromatic rings. The number of hydrogen-bond donors (Lipinski definition) is 2. The predicted octanol–water partition coefficient (Wildman–Crippen LogP) is 2.81. The summed E-state index contributed by atoms with van der Waals surface area (Å²) in [5.74, 6) is 0.0598. The second-order valence-electron chi connectivity index (χ2n) is 8.15. The van der Waals surface area contributed by atoms with Crippen LogP contribution in [0.3, 0.4) is 0 Å². The van der Waals surface area contributed by atoms with Crippen molar-refractivity contribution in [2.75, 3.05) is 31.1 Å². The highest BCUT2D eigenvalue weighted by Crippen LogP contribution is 2.25. The molecule has 0 aromatic carbocycles. The molecule has 1 fully saturated rings. The van der Waals surface area contributed by atoms with Gasteiger partial charge in [-0.15, -0.1) is 0 Å². The molecule has 0 aliphatic carbocycles. The monoisotopic (exact) mass is 423 g/mol. The zero-order valence-corrected chi connectivity index (χ0v) is 18.7. The number of nitrogens with one attached hydrogen (secondary N) is 2. The van der Waals surface area contributed by atoms with Gasteiger partial charge in [0.05, 0.1) is 0 Å². The molecule has 0 spiro atoms. The molecule has 7 heteroatoms. The SMILES string of the molecule is CCN(c1cc(-c2ccncc2)c[nH]c1=O)C1CCN(C(=O)C=CCNC(C)C)CC1. The normalized spacial score (nSPS) is 15.0. The summed E-state index contributed by atoms with van der Waals surface area (Å²) in [6.07, 6.45) is 10.5. The van der Waals surface area contributed by atoms with Gasteiger partial charge < -0.3 is 20.1 Å². The summed E-state index contributed by atoms with van der Waals surface area (Å²) in [5, 5.41) is 3.27. The first-order valence-electron chi connectivity index (χ1n) is 11.1. The number of carbonyl (C=O) groups excluding carboxylic acids is 1. The van der Waals surface area contributed by atoms with Crippen LogP contribution in [0.5, 0.6) is 0 Å². The number of carbonyl (C=O) groups is 1. The lowest BCUT2D eigenvalue weighted by Gasteiger charge is -2.38. The Kier molecular flexibility index (Phi) is 8.00. The first-order chi connectivity index (χ1) is 15.0. The Balaban J connectivity index is 1.65. The Morgan fingerprint density at radius 1 is 1.29 bits per heavy atom. The van der Waals surface area contributed by atoms with Crippen molar-refractivity contribution in [2.24, 2.45) is 0 Å². The Bertz CT molecular complexity index is 930. The molecule has 1 aliphatic heterocycles. The summed E-state index contributed by atoms with van der Waals surface area (Å²) in [6.45, 7) is 9.06. The fourth-order valence-corrected chi connectivity index (χ4v) is 3.99. The number of aromatic amines is 1. The molecule has 0 radical (unpaired) electrons. The maximum absolute atomic E-state index is 12.6. The molecule has 0 bridgehead atoms. The van der Waals surface area contributed by atoms with Gasteiger partial charge >= 0.3 is 0 Å². The summed E-state index contributed by atoms with van der Waals surface area (Å²) in [4.78, 5) is 36.1. The number of amides is 1. The summed E-state index contributed by atoms with van der Waals surface area (Å²) in [6, 6.07) is 6.45. The van der Waals surface area contributed by atoms with Gasteiger partial charge in [-0.1, -0.05) is 19.9 Å². The van der Waals surface area contributed by atoms with Crippen LogP contribution in [0.1, 0.15) is 33.6 Å². The van der Waals surface area contributed by atoms with E-state index in [1.54, 1.807) is 24.7 Å². The zero-order valence-electron chi connectivity index (χ0n) is 18.7. The van der Waals surface area contributed by atoms with Crippen molar-refractivity contribution < 1.29 is 4.79 Å². The summed E-state index contributed by atoms with van der Waals surface area (Å²) in [7, 11) is 0. The molecular weight excluding hydrogens is 390 g/mol. The number of rotatable bonds is 8. The van der Waals surface area contributed by atoms with Crippen LogP contribution in [-0.4, -0.2) is 59.0 Å². The van der Waals surface area contributed by atoms with Crippen molar-refractivity contribution >= 4 is 11.6 Å². The largest absolute Gasteiger partial charge is 0.364 e.